The van der Waals surface area contributed by atoms with Crippen molar-refractivity contribution in [3.05, 3.63) is 0 Å². The van der Waals surface area contributed by atoms with E-state index in [-0.39, 0.29) is 5.91 Å². The lowest BCUT2D eigenvalue weighted by Gasteiger charge is -2.10. The first kappa shape index (κ1) is 10.5. The van der Waals surface area contributed by atoms with Crippen LogP contribution in [0.15, 0.2) is 0 Å². The molecule has 0 unspecified atom stereocenters. The van der Waals surface area contributed by atoms with Crippen molar-refractivity contribution in [3.8, 4) is 0 Å². The predicted molar refractivity (Wildman–Crippen MR) is 53.2 cm³/mol. The molecule has 1 aliphatic carbocycles. The molecule has 13 heavy (non-hydrogen) atoms. The Morgan fingerprint density at radius 1 is 1.54 bits per heavy atom. The molecule has 1 saturated carbocycles. The molecule has 3 heteroatoms. The average molecular weight is 184 g/mol. The van der Waals surface area contributed by atoms with E-state index in [1.807, 2.05) is 0 Å². The van der Waals surface area contributed by atoms with Crippen molar-refractivity contribution >= 4 is 5.91 Å². The minimum atomic E-state index is -0.502. The summed E-state index contributed by atoms with van der Waals surface area (Å²) in [6.45, 7) is 5.15. The van der Waals surface area contributed by atoms with Crippen molar-refractivity contribution in [2.75, 3.05) is 6.54 Å². The molecule has 0 aromatic carbocycles. The summed E-state index contributed by atoms with van der Waals surface area (Å²) in [5.74, 6) is 0.751. The summed E-state index contributed by atoms with van der Waals surface area (Å²) in [6, 6.07) is 0. The van der Waals surface area contributed by atoms with E-state index in [9.17, 15) is 4.79 Å². The second kappa shape index (κ2) is 4.09. The smallest absolute Gasteiger partial charge is 0.240 e. The number of nitrogens with two attached hydrogens (primary N) is 1. The van der Waals surface area contributed by atoms with Gasteiger partial charge in [0.25, 0.3) is 0 Å². The molecule has 1 amide bonds. The van der Waals surface area contributed by atoms with Gasteiger partial charge in [-0.1, -0.05) is 13.8 Å². The molecule has 1 rings (SSSR count). The number of hydrogen-bond acceptors (Lipinski definition) is 2. The van der Waals surface area contributed by atoms with E-state index in [0.29, 0.717) is 5.92 Å². The van der Waals surface area contributed by atoms with E-state index in [0.717, 1.165) is 32.2 Å². The van der Waals surface area contributed by atoms with Crippen LogP contribution >= 0.6 is 0 Å². The number of nitrogens with one attached hydrogen (secondary N) is 1. The highest BCUT2D eigenvalue weighted by molar-refractivity contribution is 5.88. The maximum absolute atomic E-state index is 11.3. The van der Waals surface area contributed by atoms with Crippen LogP contribution in [0.4, 0.5) is 0 Å². The highest BCUT2D eigenvalue weighted by atomic mass is 16.2. The molecule has 1 aliphatic rings. The van der Waals surface area contributed by atoms with Gasteiger partial charge in [0.05, 0.1) is 5.54 Å². The van der Waals surface area contributed by atoms with E-state index in [1.165, 1.54) is 0 Å². The second-order valence-corrected chi connectivity index (χ2v) is 4.45. The van der Waals surface area contributed by atoms with Gasteiger partial charge in [-0.2, -0.15) is 0 Å². The molecule has 0 atom stereocenters. The largest absolute Gasteiger partial charge is 0.355 e. The molecule has 0 aromatic rings. The third-order valence-corrected chi connectivity index (χ3v) is 2.48. The van der Waals surface area contributed by atoms with Gasteiger partial charge in [0.2, 0.25) is 5.91 Å². The number of rotatable bonds is 5. The zero-order chi connectivity index (χ0) is 9.90. The van der Waals surface area contributed by atoms with E-state index in [2.05, 4.69) is 19.2 Å². The SMILES string of the molecule is CC(C)CCCNC(=O)C1(N)CC1. The van der Waals surface area contributed by atoms with Gasteiger partial charge in [0.1, 0.15) is 0 Å². The lowest BCUT2D eigenvalue weighted by Crippen LogP contribution is -2.43. The summed E-state index contributed by atoms with van der Waals surface area (Å²) >= 11 is 0. The molecule has 3 nitrogen and oxygen atoms in total. The summed E-state index contributed by atoms with van der Waals surface area (Å²) in [5.41, 5.74) is 5.22. The molecule has 0 bridgehead atoms. The van der Waals surface area contributed by atoms with E-state index in [4.69, 9.17) is 5.73 Å². The third kappa shape index (κ3) is 3.35. The van der Waals surface area contributed by atoms with Crippen LogP contribution in [0.1, 0.15) is 39.5 Å². The quantitative estimate of drug-likeness (QED) is 0.627. The van der Waals surface area contributed by atoms with Gasteiger partial charge in [-0.3, -0.25) is 4.79 Å². The average Bonchev–Trinajstić information content (AvgIpc) is 2.78. The summed E-state index contributed by atoms with van der Waals surface area (Å²) in [6.07, 6.45) is 3.92. The predicted octanol–water partition coefficient (Wildman–Crippen LogP) is 1.03. The number of carbonyl (C=O) groups is 1. The molecule has 1 fully saturated rings. The lowest BCUT2D eigenvalue weighted by atomic mass is 10.1. The maximum atomic E-state index is 11.3. The number of carbonyl (C=O) groups excluding carboxylic acids is 1. The summed E-state index contributed by atoms with van der Waals surface area (Å²) < 4.78 is 0. The van der Waals surface area contributed by atoms with E-state index >= 15 is 0 Å². The molecule has 0 heterocycles. The number of amides is 1. The van der Waals surface area contributed by atoms with Crippen LogP contribution in [-0.2, 0) is 4.79 Å². The minimum absolute atomic E-state index is 0.0382. The lowest BCUT2D eigenvalue weighted by molar-refractivity contribution is -0.123. The fourth-order valence-electron chi connectivity index (χ4n) is 1.25. The zero-order valence-electron chi connectivity index (χ0n) is 8.60. The van der Waals surface area contributed by atoms with Gasteiger partial charge in [-0.25, -0.2) is 0 Å². The van der Waals surface area contributed by atoms with Crippen LogP contribution in [0.3, 0.4) is 0 Å². The first-order valence-corrected chi connectivity index (χ1v) is 5.12. The Morgan fingerprint density at radius 3 is 2.62 bits per heavy atom. The first-order valence-electron chi connectivity index (χ1n) is 5.12. The highest BCUT2D eigenvalue weighted by Gasteiger charge is 2.45. The Labute approximate surface area is 80.1 Å². The first-order chi connectivity index (χ1) is 6.04. The molecule has 0 saturated heterocycles. The van der Waals surface area contributed by atoms with Crippen LogP contribution in [0.5, 0.6) is 0 Å². The summed E-state index contributed by atoms with van der Waals surface area (Å²) in [7, 11) is 0. The van der Waals surface area contributed by atoms with E-state index in [1.54, 1.807) is 0 Å². The van der Waals surface area contributed by atoms with E-state index < -0.39 is 5.54 Å². The van der Waals surface area contributed by atoms with Crippen LogP contribution in [0.25, 0.3) is 0 Å². The van der Waals surface area contributed by atoms with Crippen molar-refractivity contribution in [3.63, 3.8) is 0 Å². The van der Waals surface area contributed by atoms with Crippen molar-refractivity contribution in [2.45, 2.75) is 45.1 Å². The molecular formula is C10H20N2O. The topological polar surface area (TPSA) is 55.1 Å². The van der Waals surface area contributed by atoms with Crippen molar-refractivity contribution in [1.29, 1.82) is 0 Å². The molecule has 3 N–H and O–H groups in total. The van der Waals surface area contributed by atoms with Gasteiger partial charge in [-0.15, -0.1) is 0 Å². The Balaban J connectivity index is 2.03. The Bertz CT molecular complexity index is 185. The summed E-state index contributed by atoms with van der Waals surface area (Å²) in [4.78, 5) is 11.3. The van der Waals surface area contributed by atoms with Gasteiger partial charge < -0.3 is 11.1 Å². The normalized spacial score (nSPS) is 18.8. The standard InChI is InChI=1S/C10H20N2O/c1-8(2)4-3-7-12-9(13)10(11)5-6-10/h8H,3-7,11H2,1-2H3,(H,12,13). The highest BCUT2D eigenvalue weighted by Crippen LogP contribution is 2.31. The molecule has 0 spiro atoms. The van der Waals surface area contributed by atoms with Gasteiger partial charge in [0.15, 0.2) is 0 Å². The monoisotopic (exact) mass is 184 g/mol. The molecular weight excluding hydrogens is 164 g/mol. The molecule has 76 valence electrons. The molecule has 0 radical (unpaired) electrons. The van der Waals surface area contributed by atoms with Crippen LogP contribution < -0.4 is 11.1 Å². The fourth-order valence-corrected chi connectivity index (χ4v) is 1.25. The van der Waals surface area contributed by atoms with Crippen LogP contribution in [0, 0.1) is 5.92 Å². The molecule has 0 aromatic heterocycles. The van der Waals surface area contributed by atoms with Crippen molar-refractivity contribution < 1.29 is 4.79 Å². The zero-order valence-corrected chi connectivity index (χ0v) is 8.60. The van der Waals surface area contributed by atoms with Gasteiger partial charge >= 0.3 is 0 Å². The fraction of sp³-hybridized carbons (Fsp3) is 0.900. The Kier molecular flexibility index (Phi) is 3.31. The second-order valence-electron chi connectivity index (χ2n) is 4.45. The van der Waals surface area contributed by atoms with Crippen LogP contribution in [0.2, 0.25) is 0 Å². The minimum Gasteiger partial charge on any atom is -0.355 e. The third-order valence-electron chi connectivity index (χ3n) is 2.48. The molecule has 0 aliphatic heterocycles. The number of hydrogen-bond donors (Lipinski definition) is 2. The Hall–Kier alpha value is -0.570. The van der Waals surface area contributed by atoms with Gasteiger partial charge in [-0.05, 0) is 31.6 Å². The van der Waals surface area contributed by atoms with Crippen molar-refractivity contribution in [2.24, 2.45) is 11.7 Å². The van der Waals surface area contributed by atoms with Crippen LogP contribution in [-0.4, -0.2) is 18.0 Å². The summed E-state index contributed by atoms with van der Waals surface area (Å²) in [5, 5.41) is 2.88. The van der Waals surface area contributed by atoms with Gasteiger partial charge in [0, 0.05) is 6.54 Å². The Morgan fingerprint density at radius 2 is 2.15 bits per heavy atom. The van der Waals surface area contributed by atoms with Crippen molar-refractivity contribution in [1.82, 2.24) is 5.32 Å². The maximum Gasteiger partial charge on any atom is 0.240 e.